The van der Waals surface area contributed by atoms with Crippen molar-refractivity contribution < 1.29 is 4.79 Å². The topological polar surface area (TPSA) is 75.9 Å². The van der Waals surface area contributed by atoms with E-state index in [1.165, 1.54) is 11.8 Å². The molecule has 1 aliphatic heterocycles. The Labute approximate surface area is 153 Å². The monoisotopic (exact) mass is 410 g/mol. The van der Waals surface area contributed by atoms with E-state index in [0.29, 0.717) is 5.69 Å². The van der Waals surface area contributed by atoms with Crippen LogP contribution in [0.15, 0.2) is 28.4 Å². The smallest absolute Gasteiger partial charge is 0.269 e. The summed E-state index contributed by atoms with van der Waals surface area (Å²) in [6, 6.07) is 0.0840. The third kappa shape index (κ3) is 3.72. The maximum atomic E-state index is 12.4. The van der Waals surface area contributed by atoms with Crippen molar-refractivity contribution in [2.75, 3.05) is 24.2 Å². The Bertz CT molecular complexity index is 737. The van der Waals surface area contributed by atoms with E-state index in [1.807, 2.05) is 13.3 Å². The summed E-state index contributed by atoms with van der Waals surface area (Å²) in [4.78, 5) is 27.4. The highest BCUT2D eigenvalue weighted by atomic mass is 79.9. The summed E-state index contributed by atoms with van der Waals surface area (Å²) in [6.07, 6.45) is 8.91. The van der Waals surface area contributed by atoms with Crippen LogP contribution in [-0.2, 0) is 7.05 Å². The number of piperidine rings is 1. The van der Waals surface area contributed by atoms with Crippen LogP contribution in [0.1, 0.15) is 23.3 Å². The number of thioether (sulfide) groups is 1. The Kier molecular flexibility index (Phi) is 5.40. The minimum Gasteiger partial charge on any atom is -0.353 e. The van der Waals surface area contributed by atoms with Crippen LogP contribution in [0.3, 0.4) is 0 Å². The first-order chi connectivity index (χ1) is 11.6. The standard InChI is InChI=1S/C15H19BrN6OS/c1-21-9-17-7-12(21)14(23)19-10-4-3-5-22(8-10)13-11(16)6-18-15(20-13)24-2/h6-7,9-10H,3-5,8H2,1-2H3,(H,19,23). The second-order valence-electron chi connectivity index (χ2n) is 5.68. The molecular formula is C15H19BrN6OS. The molecule has 24 heavy (non-hydrogen) atoms. The first kappa shape index (κ1) is 17.2. The molecule has 1 aliphatic rings. The molecule has 3 heterocycles. The molecule has 2 aromatic rings. The number of hydrogen-bond donors (Lipinski definition) is 1. The van der Waals surface area contributed by atoms with Gasteiger partial charge in [-0.25, -0.2) is 15.0 Å². The van der Waals surface area contributed by atoms with E-state index in [1.54, 1.807) is 23.3 Å². The van der Waals surface area contributed by atoms with Crippen molar-refractivity contribution in [2.24, 2.45) is 7.05 Å². The average Bonchev–Trinajstić information content (AvgIpc) is 3.02. The maximum absolute atomic E-state index is 12.4. The third-order valence-corrected chi connectivity index (χ3v) is 5.11. The second-order valence-corrected chi connectivity index (χ2v) is 7.30. The SMILES string of the molecule is CSc1ncc(Br)c(N2CCCC(NC(=O)c3cncn3C)C2)n1. The zero-order valence-electron chi connectivity index (χ0n) is 13.6. The van der Waals surface area contributed by atoms with E-state index in [4.69, 9.17) is 0 Å². The molecule has 3 rings (SSSR count). The predicted molar refractivity (Wildman–Crippen MR) is 97.4 cm³/mol. The molecule has 1 saturated heterocycles. The molecule has 9 heteroatoms. The van der Waals surface area contributed by atoms with E-state index >= 15 is 0 Å². The van der Waals surface area contributed by atoms with Crippen LogP contribution < -0.4 is 10.2 Å². The van der Waals surface area contributed by atoms with Crippen molar-refractivity contribution in [1.82, 2.24) is 24.8 Å². The minimum absolute atomic E-state index is 0.0840. The normalized spacial score (nSPS) is 17.8. The molecule has 7 nitrogen and oxygen atoms in total. The number of aryl methyl sites for hydroxylation is 1. The van der Waals surface area contributed by atoms with Crippen LogP contribution in [0, 0.1) is 0 Å². The summed E-state index contributed by atoms with van der Waals surface area (Å²) in [6.45, 7) is 1.65. The Morgan fingerprint density at radius 3 is 3.00 bits per heavy atom. The van der Waals surface area contributed by atoms with Gasteiger partial charge in [0, 0.05) is 32.4 Å². The number of amides is 1. The van der Waals surface area contributed by atoms with E-state index in [-0.39, 0.29) is 11.9 Å². The Hall–Kier alpha value is -1.61. The van der Waals surface area contributed by atoms with Crippen molar-refractivity contribution >= 4 is 39.4 Å². The third-order valence-electron chi connectivity index (χ3n) is 3.99. The van der Waals surface area contributed by atoms with Crippen LogP contribution in [0.4, 0.5) is 5.82 Å². The number of rotatable bonds is 4. The fourth-order valence-electron chi connectivity index (χ4n) is 2.79. The van der Waals surface area contributed by atoms with Crippen molar-refractivity contribution in [3.05, 3.63) is 28.9 Å². The van der Waals surface area contributed by atoms with Crippen molar-refractivity contribution in [1.29, 1.82) is 0 Å². The van der Waals surface area contributed by atoms with Gasteiger partial charge in [-0.2, -0.15) is 0 Å². The molecule has 0 aromatic carbocycles. The Morgan fingerprint density at radius 1 is 1.46 bits per heavy atom. The van der Waals surface area contributed by atoms with Gasteiger partial charge in [-0.1, -0.05) is 11.8 Å². The maximum Gasteiger partial charge on any atom is 0.269 e. The van der Waals surface area contributed by atoms with Gasteiger partial charge in [-0.3, -0.25) is 4.79 Å². The lowest BCUT2D eigenvalue weighted by atomic mass is 10.1. The number of carbonyl (C=O) groups excluding carboxylic acids is 1. The summed E-state index contributed by atoms with van der Waals surface area (Å²) >= 11 is 5.05. The first-order valence-electron chi connectivity index (χ1n) is 7.67. The van der Waals surface area contributed by atoms with Gasteiger partial charge < -0.3 is 14.8 Å². The lowest BCUT2D eigenvalue weighted by Crippen LogP contribution is -2.48. The van der Waals surface area contributed by atoms with Gasteiger partial charge in [0.15, 0.2) is 5.16 Å². The highest BCUT2D eigenvalue weighted by Crippen LogP contribution is 2.27. The number of halogens is 1. The Balaban J connectivity index is 1.71. The van der Waals surface area contributed by atoms with E-state index < -0.39 is 0 Å². The average molecular weight is 411 g/mol. The molecule has 1 unspecified atom stereocenters. The molecule has 1 atom stereocenters. The van der Waals surface area contributed by atoms with Crippen LogP contribution in [0.5, 0.6) is 0 Å². The summed E-state index contributed by atoms with van der Waals surface area (Å²) in [5.74, 6) is 0.794. The summed E-state index contributed by atoms with van der Waals surface area (Å²) in [5.41, 5.74) is 0.569. The number of imidazole rings is 1. The number of anilines is 1. The predicted octanol–water partition coefficient (Wildman–Crippen LogP) is 2.09. The molecule has 128 valence electrons. The van der Waals surface area contributed by atoms with Gasteiger partial charge in [-0.05, 0) is 35.0 Å². The lowest BCUT2D eigenvalue weighted by Gasteiger charge is -2.34. The van der Waals surface area contributed by atoms with Crippen molar-refractivity contribution in [3.8, 4) is 0 Å². The van der Waals surface area contributed by atoms with E-state index in [0.717, 1.165) is 41.4 Å². The highest BCUT2D eigenvalue weighted by molar-refractivity contribution is 9.10. The number of carbonyl (C=O) groups is 1. The second kappa shape index (κ2) is 7.52. The number of aromatic nitrogens is 4. The molecule has 1 fully saturated rings. The minimum atomic E-state index is -0.0894. The van der Waals surface area contributed by atoms with Crippen molar-refractivity contribution in [2.45, 2.75) is 24.0 Å². The summed E-state index contributed by atoms with van der Waals surface area (Å²) in [7, 11) is 1.82. The summed E-state index contributed by atoms with van der Waals surface area (Å²) in [5, 5.41) is 3.85. The number of nitrogens with one attached hydrogen (secondary N) is 1. The molecule has 1 N–H and O–H groups in total. The fraction of sp³-hybridized carbons (Fsp3) is 0.467. The molecule has 0 radical (unpaired) electrons. The van der Waals surface area contributed by atoms with Crippen molar-refractivity contribution in [3.63, 3.8) is 0 Å². The molecule has 0 spiro atoms. The zero-order valence-corrected chi connectivity index (χ0v) is 16.0. The fourth-order valence-corrected chi connectivity index (χ4v) is 3.56. The first-order valence-corrected chi connectivity index (χ1v) is 9.69. The van der Waals surface area contributed by atoms with Crippen LogP contribution >= 0.6 is 27.7 Å². The number of nitrogens with zero attached hydrogens (tertiary/aromatic N) is 5. The van der Waals surface area contributed by atoms with Gasteiger partial charge in [0.25, 0.3) is 5.91 Å². The van der Waals surface area contributed by atoms with Gasteiger partial charge in [0.1, 0.15) is 11.5 Å². The largest absolute Gasteiger partial charge is 0.353 e. The highest BCUT2D eigenvalue weighted by Gasteiger charge is 2.25. The van der Waals surface area contributed by atoms with Gasteiger partial charge in [0.2, 0.25) is 0 Å². The quantitative estimate of drug-likeness (QED) is 0.614. The Morgan fingerprint density at radius 2 is 2.29 bits per heavy atom. The van der Waals surface area contributed by atoms with Crippen LogP contribution in [0.2, 0.25) is 0 Å². The molecule has 2 aromatic heterocycles. The van der Waals surface area contributed by atoms with Crippen LogP contribution in [-0.4, -0.2) is 50.8 Å². The molecular weight excluding hydrogens is 392 g/mol. The number of hydrogen-bond acceptors (Lipinski definition) is 6. The lowest BCUT2D eigenvalue weighted by molar-refractivity contribution is 0.0925. The molecule has 0 aliphatic carbocycles. The van der Waals surface area contributed by atoms with E-state index in [9.17, 15) is 4.79 Å². The van der Waals surface area contributed by atoms with Gasteiger partial charge in [0.05, 0.1) is 17.0 Å². The molecule has 0 bridgehead atoms. The zero-order chi connectivity index (χ0) is 17.1. The van der Waals surface area contributed by atoms with Gasteiger partial charge in [-0.15, -0.1) is 0 Å². The van der Waals surface area contributed by atoms with Gasteiger partial charge >= 0.3 is 0 Å². The molecule has 1 amide bonds. The molecule has 0 saturated carbocycles. The van der Waals surface area contributed by atoms with Crippen LogP contribution in [0.25, 0.3) is 0 Å². The van der Waals surface area contributed by atoms with E-state index in [2.05, 4.69) is 41.1 Å². The summed E-state index contributed by atoms with van der Waals surface area (Å²) < 4.78 is 2.60.